The fraction of sp³-hybridized carbons (Fsp3) is 1.00. The molecule has 0 radical (unpaired) electrons. The van der Waals surface area contributed by atoms with Crippen LogP contribution in [0.2, 0.25) is 0 Å². The second-order valence-corrected chi connectivity index (χ2v) is 3.98. The van der Waals surface area contributed by atoms with Gasteiger partial charge in [0.05, 0.1) is 6.10 Å². The van der Waals surface area contributed by atoms with Crippen LogP contribution in [-0.2, 0) is 4.74 Å². The maximum Gasteiger partial charge on any atom is 0.0601 e. The van der Waals surface area contributed by atoms with E-state index >= 15 is 0 Å². The standard InChI is InChI=1S/C10H22N2O/c1-3-4-8(11)7-12-9-5-10(6-9)13-2/h8-10,12H,3-7,11H2,1-2H3. The number of nitrogens with two attached hydrogens (primary N) is 1. The number of hydrogen-bond donors (Lipinski definition) is 2. The Morgan fingerprint density at radius 3 is 2.77 bits per heavy atom. The molecule has 0 heterocycles. The van der Waals surface area contributed by atoms with E-state index in [9.17, 15) is 0 Å². The molecule has 1 atom stereocenters. The summed E-state index contributed by atoms with van der Waals surface area (Å²) in [5.74, 6) is 0. The van der Waals surface area contributed by atoms with Crippen LogP contribution in [-0.4, -0.2) is 31.8 Å². The molecular weight excluding hydrogens is 164 g/mol. The predicted octanol–water partition coefficient (Wildman–Crippen LogP) is 0.881. The number of methoxy groups -OCH3 is 1. The van der Waals surface area contributed by atoms with E-state index in [1.54, 1.807) is 7.11 Å². The van der Waals surface area contributed by atoms with Crippen LogP contribution in [0.15, 0.2) is 0 Å². The van der Waals surface area contributed by atoms with Gasteiger partial charge in [0.15, 0.2) is 0 Å². The van der Waals surface area contributed by atoms with Crippen molar-refractivity contribution in [3.63, 3.8) is 0 Å². The van der Waals surface area contributed by atoms with E-state index < -0.39 is 0 Å². The van der Waals surface area contributed by atoms with Gasteiger partial charge in [0.2, 0.25) is 0 Å². The maximum atomic E-state index is 5.88. The van der Waals surface area contributed by atoms with Crippen molar-refractivity contribution in [1.82, 2.24) is 5.32 Å². The topological polar surface area (TPSA) is 47.3 Å². The van der Waals surface area contributed by atoms with Gasteiger partial charge in [-0.05, 0) is 19.3 Å². The molecule has 1 rings (SSSR count). The second kappa shape index (κ2) is 5.58. The number of hydrogen-bond acceptors (Lipinski definition) is 3. The molecule has 0 bridgehead atoms. The molecule has 13 heavy (non-hydrogen) atoms. The van der Waals surface area contributed by atoms with Crippen LogP contribution in [0.3, 0.4) is 0 Å². The molecule has 3 heteroatoms. The van der Waals surface area contributed by atoms with Gasteiger partial charge in [-0.1, -0.05) is 13.3 Å². The lowest BCUT2D eigenvalue weighted by atomic mass is 9.89. The second-order valence-electron chi connectivity index (χ2n) is 3.98. The molecular formula is C10H22N2O. The van der Waals surface area contributed by atoms with Crippen molar-refractivity contribution in [1.29, 1.82) is 0 Å². The first-order chi connectivity index (χ1) is 6.26. The monoisotopic (exact) mass is 186 g/mol. The first-order valence-electron chi connectivity index (χ1n) is 5.28. The van der Waals surface area contributed by atoms with Crippen molar-refractivity contribution in [3.8, 4) is 0 Å². The van der Waals surface area contributed by atoms with E-state index in [0.29, 0.717) is 18.2 Å². The Hall–Kier alpha value is -0.120. The summed E-state index contributed by atoms with van der Waals surface area (Å²) < 4.78 is 5.20. The zero-order valence-electron chi connectivity index (χ0n) is 8.75. The lowest BCUT2D eigenvalue weighted by molar-refractivity contribution is 0.0171. The van der Waals surface area contributed by atoms with Crippen molar-refractivity contribution < 1.29 is 4.74 Å². The lowest BCUT2D eigenvalue weighted by Crippen LogP contribution is -2.48. The van der Waals surface area contributed by atoms with E-state index in [1.807, 2.05) is 0 Å². The quantitative estimate of drug-likeness (QED) is 0.647. The van der Waals surface area contributed by atoms with Crippen LogP contribution in [0.1, 0.15) is 32.6 Å². The van der Waals surface area contributed by atoms with Gasteiger partial charge in [0, 0.05) is 25.7 Å². The molecule has 3 N–H and O–H groups in total. The smallest absolute Gasteiger partial charge is 0.0601 e. The minimum absolute atomic E-state index is 0.326. The van der Waals surface area contributed by atoms with Gasteiger partial charge in [-0.25, -0.2) is 0 Å². The summed E-state index contributed by atoms with van der Waals surface area (Å²) >= 11 is 0. The summed E-state index contributed by atoms with van der Waals surface area (Å²) in [4.78, 5) is 0. The predicted molar refractivity (Wildman–Crippen MR) is 54.7 cm³/mol. The van der Waals surface area contributed by atoms with E-state index in [4.69, 9.17) is 10.5 Å². The average molecular weight is 186 g/mol. The third kappa shape index (κ3) is 3.63. The molecule has 0 aliphatic heterocycles. The molecule has 3 nitrogen and oxygen atoms in total. The Morgan fingerprint density at radius 2 is 2.23 bits per heavy atom. The van der Waals surface area contributed by atoms with Crippen LogP contribution < -0.4 is 11.1 Å². The Kier molecular flexibility index (Phi) is 4.70. The molecule has 0 saturated heterocycles. The summed E-state index contributed by atoms with van der Waals surface area (Å²) in [6, 6.07) is 0.972. The van der Waals surface area contributed by atoms with Gasteiger partial charge >= 0.3 is 0 Å². The first kappa shape index (κ1) is 11.0. The van der Waals surface area contributed by atoms with Crippen molar-refractivity contribution >= 4 is 0 Å². The molecule has 0 aromatic carbocycles. The summed E-state index contributed by atoms with van der Waals surface area (Å²) in [5, 5.41) is 3.46. The van der Waals surface area contributed by atoms with Gasteiger partial charge in [-0.15, -0.1) is 0 Å². The third-order valence-electron chi connectivity index (χ3n) is 2.76. The molecule has 0 spiro atoms. The SMILES string of the molecule is CCCC(N)CNC1CC(OC)C1. The Morgan fingerprint density at radius 1 is 1.54 bits per heavy atom. The van der Waals surface area contributed by atoms with E-state index in [-0.39, 0.29) is 0 Å². The zero-order valence-corrected chi connectivity index (χ0v) is 8.75. The van der Waals surface area contributed by atoms with Gasteiger partial charge < -0.3 is 15.8 Å². The molecule has 1 saturated carbocycles. The third-order valence-corrected chi connectivity index (χ3v) is 2.76. The molecule has 1 fully saturated rings. The fourth-order valence-corrected chi connectivity index (χ4v) is 1.72. The summed E-state index contributed by atoms with van der Waals surface area (Å²) in [6.45, 7) is 3.12. The average Bonchev–Trinajstić information content (AvgIpc) is 2.02. The first-order valence-corrected chi connectivity index (χ1v) is 5.28. The normalized spacial score (nSPS) is 29.8. The molecule has 1 aliphatic carbocycles. The molecule has 1 unspecified atom stereocenters. The summed E-state index contributed by atoms with van der Waals surface area (Å²) in [6.07, 6.45) is 5.08. The molecule has 0 aromatic heterocycles. The highest BCUT2D eigenvalue weighted by molar-refractivity contribution is 4.86. The minimum atomic E-state index is 0.326. The van der Waals surface area contributed by atoms with E-state index in [0.717, 1.165) is 25.8 Å². The summed E-state index contributed by atoms with van der Waals surface area (Å²) in [7, 11) is 1.78. The molecule has 1 aliphatic rings. The number of rotatable bonds is 6. The van der Waals surface area contributed by atoms with Gasteiger partial charge in [0.1, 0.15) is 0 Å². The van der Waals surface area contributed by atoms with Crippen molar-refractivity contribution in [2.24, 2.45) is 5.73 Å². The maximum absolute atomic E-state index is 5.88. The van der Waals surface area contributed by atoms with Crippen LogP contribution in [0, 0.1) is 0 Å². The van der Waals surface area contributed by atoms with Gasteiger partial charge in [-0.3, -0.25) is 0 Å². The van der Waals surface area contributed by atoms with Crippen LogP contribution in [0.4, 0.5) is 0 Å². The fourth-order valence-electron chi connectivity index (χ4n) is 1.72. The van der Waals surface area contributed by atoms with Crippen molar-refractivity contribution in [2.75, 3.05) is 13.7 Å². The van der Waals surface area contributed by atoms with Gasteiger partial charge in [-0.2, -0.15) is 0 Å². The molecule has 0 aromatic rings. The van der Waals surface area contributed by atoms with Crippen LogP contribution >= 0.6 is 0 Å². The Bertz CT molecular complexity index is 135. The number of ether oxygens (including phenoxy) is 1. The van der Waals surface area contributed by atoms with Crippen LogP contribution in [0.25, 0.3) is 0 Å². The highest BCUT2D eigenvalue weighted by Crippen LogP contribution is 2.22. The Balaban J connectivity index is 1.95. The highest BCUT2D eigenvalue weighted by atomic mass is 16.5. The van der Waals surface area contributed by atoms with Crippen molar-refractivity contribution in [2.45, 2.75) is 50.8 Å². The zero-order chi connectivity index (χ0) is 9.68. The van der Waals surface area contributed by atoms with Gasteiger partial charge in [0.25, 0.3) is 0 Å². The minimum Gasteiger partial charge on any atom is -0.381 e. The molecule has 0 amide bonds. The van der Waals surface area contributed by atoms with E-state index in [1.165, 1.54) is 6.42 Å². The highest BCUT2D eigenvalue weighted by Gasteiger charge is 2.28. The summed E-state index contributed by atoms with van der Waals surface area (Å²) in [5.41, 5.74) is 5.88. The Labute approximate surface area is 81.0 Å². The largest absolute Gasteiger partial charge is 0.381 e. The number of nitrogens with one attached hydrogen (secondary N) is 1. The van der Waals surface area contributed by atoms with Crippen molar-refractivity contribution in [3.05, 3.63) is 0 Å². The van der Waals surface area contributed by atoms with Crippen LogP contribution in [0.5, 0.6) is 0 Å². The van der Waals surface area contributed by atoms with E-state index in [2.05, 4.69) is 12.2 Å². The molecule has 78 valence electrons. The lowest BCUT2D eigenvalue weighted by Gasteiger charge is -2.35.